The first-order valence-electron chi connectivity index (χ1n) is 12.2. The lowest BCUT2D eigenvalue weighted by molar-refractivity contribution is -0.135. The number of amides is 1. The van der Waals surface area contributed by atoms with E-state index in [1.165, 1.54) is 24.0 Å². The third-order valence-electron chi connectivity index (χ3n) is 7.17. The Kier molecular flexibility index (Phi) is 7.20. The van der Waals surface area contributed by atoms with Crippen LogP contribution in [0.5, 0.6) is 5.75 Å². The Morgan fingerprint density at radius 2 is 1.59 bits per heavy atom. The number of ether oxygens (including phenoxy) is 1. The summed E-state index contributed by atoms with van der Waals surface area (Å²) in [6.07, 6.45) is 5.15. The Morgan fingerprint density at radius 1 is 1.00 bits per heavy atom. The van der Waals surface area contributed by atoms with Crippen LogP contribution in [0, 0.1) is 12.8 Å². The van der Waals surface area contributed by atoms with E-state index in [1.807, 2.05) is 24.3 Å². The van der Waals surface area contributed by atoms with Crippen LogP contribution in [0.2, 0.25) is 0 Å². The summed E-state index contributed by atoms with van der Waals surface area (Å²) in [6.45, 7) is 7.80. The Hall–Kier alpha value is -2.33. The van der Waals surface area contributed by atoms with Crippen LogP contribution in [0.1, 0.15) is 56.2 Å². The van der Waals surface area contributed by atoms with E-state index in [-0.39, 0.29) is 5.91 Å². The van der Waals surface area contributed by atoms with Gasteiger partial charge in [0.15, 0.2) is 0 Å². The fourth-order valence-electron chi connectivity index (χ4n) is 5.19. The highest BCUT2D eigenvalue weighted by atomic mass is 16.5. The van der Waals surface area contributed by atoms with Crippen LogP contribution in [0.15, 0.2) is 48.5 Å². The zero-order valence-corrected chi connectivity index (χ0v) is 20.1. The number of aryl methyl sites for hydroxylation is 1. The lowest BCUT2D eigenvalue weighted by Crippen LogP contribution is -2.50. The molecule has 4 heteroatoms. The van der Waals surface area contributed by atoms with Gasteiger partial charge in [-0.3, -0.25) is 4.79 Å². The lowest BCUT2D eigenvalue weighted by Gasteiger charge is -2.42. The second kappa shape index (κ2) is 10.1. The first-order valence-corrected chi connectivity index (χ1v) is 12.2. The highest BCUT2D eigenvalue weighted by Crippen LogP contribution is 2.37. The first kappa shape index (κ1) is 22.8. The molecule has 4 rings (SSSR count). The number of rotatable bonds is 8. The van der Waals surface area contributed by atoms with Gasteiger partial charge in [0.1, 0.15) is 5.75 Å². The van der Waals surface area contributed by atoms with Crippen molar-refractivity contribution in [3.8, 4) is 5.75 Å². The molecule has 2 aliphatic rings. The summed E-state index contributed by atoms with van der Waals surface area (Å²) >= 11 is 0. The number of nitrogens with zero attached hydrogens (tertiary/aromatic N) is 2. The maximum absolute atomic E-state index is 13.6. The minimum absolute atomic E-state index is 0.232. The molecule has 0 radical (unpaired) electrons. The predicted molar refractivity (Wildman–Crippen MR) is 130 cm³/mol. The van der Waals surface area contributed by atoms with Crippen LogP contribution >= 0.6 is 0 Å². The van der Waals surface area contributed by atoms with Crippen molar-refractivity contribution < 1.29 is 9.53 Å². The zero-order chi connectivity index (χ0) is 22.7. The van der Waals surface area contributed by atoms with Gasteiger partial charge in [-0.15, -0.1) is 0 Å². The summed E-state index contributed by atoms with van der Waals surface area (Å²) in [7, 11) is 2.26. The van der Waals surface area contributed by atoms with Crippen molar-refractivity contribution in [2.75, 3.05) is 13.7 Å². The summed E-state index contributed by atoms with van der Waals surface area (Å²) in [6, 6.07) is 18.2. The van der Waals surface area contributed by atoms with Crippen molar-refractivity contribution in [2.45, 2.75) is 77.5 Å². The molecule has 2 bridgehead atoms. The van der Waals surface area contributed by atoms with Crippen LogP contribution in [0.25, 0.3) is 0 Å². The number of piperidine rings is 1. The molecule has 2 aromatic carbocycles. The second-order valence-corrected chi connectivity index (χ2v) is 10.2. The van der Waals surface area contributed by atoms with Crippen molar-refractivity contribution in [3.05, 3.63) is 65.2 Å². The van der Waals surface area contributed by atoms with Crippen molar-refractivity contribution in [1.29, 1.82) is 0 Å². The molecule has 0 saturated carbocycles. The molecule has 2 aliphatic heterocycles. The summed E-state index contributed by atoms with van der Waals surface area (Å²) in [4.78, 5) is 18.3. The maximum atomic E-state index is 13.6. The monoisotopic (exact) mass is 434 g/mol. The van der Waals surface area contributed by atoms with Crippen molar-refractivity contribution in [3.63, 3.8) is 0 Å². The minimum Gasteiger partial charge on any atom is -0.493 e. The summed E-state index contributed by atoms with van der Waals surface area (Å²) in [5.74, 6) is 1.60. The maximum Gasteiger partial charge on any atom is 0.227 e. The fourth-order valence-corrected chi connectivity index (χ4v) is 5.19. The number of carbonyl (C=O) groups excluding carboxylic acids is 1. The van der Waals surface area contributed by atoms with E-state index < -0.39 is 0 Å². The molecule has 0 aromatic heterocycles. The van der Waals surface area contributed by atoms with Gasteiger partial charge in [-0.1, -0.05) is 55.8 Å². The van der Waals surface area contributed by atoms with Crippen molar-refractivity contribution in [1.82, 2.24) is 9.80 Å². The van der Waals surface area contributed by atoms with Crippen LogP contribution in [-0.2, 0) is 17.8 Å². The van der Waals surface area contributed by atoms with Crippen molar-refractivity contribution >= 4 is 5.91 Å². The van der Waals surface area contributed by atoms with Crippen molar-refractivity contribution in [2.24, 2.45) is 5.92 Å². The molecule has 0 aliphatic carbocycles. The first-order chi connectivity index (χ1) is 15.4. The van der Waals surface area contributed by atoms with Gasteiger partial charge in [0.2, 0.25) is 5.91 Å². The van der Waals surface area contributed by atoms with E-state index in [9.17, 15) is 4.79 Å². The fraction of sp³-hybridized carbons (Fsp3) is 0.536. The van der Waals surface area contributed by atoms with Crippen LogP contribution < -0.4 is 4.74 Å². The topological polar surface area (TPSA) is 32.8 Å². The molecule has 172 valence electrons. The van der Waals surface area contributed by atoms with Gasteiger partial charge in [-0.2, -0.15) is 0 Å². The van der Waals surface area contributed by atoms with E-state index in [4.69, 9.17) is 4.74 Å². The lowest BCUT2D eigenvalue weighted by atomic mass is 9.95. The van der Waals surface area contributed by atoms with E-state index in [0.29, 0.717) is 43.6 Å². The Bertz CT molecular complexity index is 877. The highest BCUT2D eigenvalue weighted by Gasteiger charge is 2.41. The molecule has 32 heavy (non-hydrogen) atoms. The molecular formula is C28H38N2O2. The second-order valence-electron chi connectivity index (χ2n) is 10.2. The highest BCUT2D eigenvalue weighted by molar-refractivity contribution is 5.79. The molecule has 2 saturated heterocycles. The summed E-state index contributed by atoms with van der Waals surface area (Å²) in [5.41, 5.74) is 3.52. The molecule has 1 unspecified atom stereocenters. The number of carbonyl (C=O) groups is 1. The zero-order valence-electron chi connectivity index (χ0n) is 20.1. The quantitative estimate of drug-likeness (QED) is 0.571. The number of hydrogen-bond donors (Lipinski definition) is 0. The average Bonchev–Trinajstić information content (AvgIpc) is 2.98. The molecule has 2 fully saturated rings. The van der Waals surface area contributed by atoms with Gasteiger partial charge in [0.05, 0.1) is 13.0 Å². The molecule has 3 atom stereocenters. The van der Waals surface area contributed by atoms with Gasteiger partial charge in [-0.25, -0.2) is 0 Å². The summed E-state index contributed by atoms with van der Waals surface area (Å²) < 4.78 is 5.80. The molecule has 2 heterocycles. The smallest absolute Gasteiger partial charge is 0.227 e. The molecular weight excluding hydrogens is 396 g/mol. The molecule has 2 aromatic rings. The molecule has 0 spiro atoms. The normalized spacial score (nSPS) is 22.8. The number of fused-ring (bicyclic) bond motifs is 2. The van der Waals surface area contributed by atoms with E-state index in [1.54, 1.807) is 0 Å². The minimum atomic E-state index is 0.232. The Balaban J connectivity index is 1.47. The van der Waals surface area contributed by atoms with Gasteiger partial charge >= 0.3 is 0 Å². The molecule has 0 N–H and O–H groups in total. The third kappa shape index (κ3) is 5.53. The Morgan fingerprint density at radius 3 is 2.19 bits per heavy atom. The SMILES string of the molecule is Cc1ccc(CN(C(=O)Cc2ccc(OCC(C)C)cc2)C2C[C@H]3CC[C@@H](C2)N3C)cc1. The van der Waals surface area contributed by atoms with E-state index >= 15 is 0 Å². The number of benzene rings is 2. The third-order valence-corrected chi connectivity index (χ3v) is 7.17. The van der Waals surface area contributed by atoms with E-state index in [2.05, 4.69) is 61.9 Å². The van der Waals surface area contributed by atoms with Gasteiger partial charge in [-0.05, 0) is 68.8 Å². The number of hydrogen-bond acceptors (Lipinski definition) is 3. The van der Waals surface area contributed by atoms with Crippen LogP contribution in [0.3, 0.4) is 0 Å². The van der Waals surface area contributed by atoms with Gasteiger partial charge < -0.3 is 14.5 Å². The van der Waals surface area contributed by atoms with Crippen LogP contribution in [-0.4, -0.2) is 47.5 Å². The molecule has 4 nitrogen and oxygen atoms in total. The van der Waals surface area contributed by atoms with Crippen LogP contribution in [0.4, 0.5) is 0 Å². The summed E-state index contributed by atoms with van der Waals surface area (Å²) in [5, 5.41) is 0. The standard InChI is InChI=1S/C28H38N2O2/c1-20(2)19-32-27-13-9-22(10-14-27)15-28(31)30(18-23-7-5-21(3)6-8-23)26-16-24-11-12-25(17-26)29(24)4/h5-10,13-14,20,24-26H,11-12,15-19H2,1-4H3/t24-,25+,26?. The van der Waals surface area contributed by atoms with Gasteiger partial charge in [0.25, 0.3) is 0 Å². The van der Waals surface area contributed by atoms with E-state index in [0.717, 1.165) is 24.2 Å². The average molecular weight is 435 g/mol. The van der Waals surface area contributed by atoms with Gasteiger partial charge in [0, 0.05) is 24.7 Å². The largest absolute Gasteiger partial charge is 0.493 e. The Labute approximate surface area is 193 Å². The molecule has 1 amide bonds. The predicted octanol–water partition coefficient (Wildman–Crippen LogP) is 5.23.